The van der Waals surface area contributed by atoms with Crippen molar-refractivity contribution < 1.29 is 4.79 Å². The van der Waals surface area contributed by atoms with E-state index in [-0.39, 0.29) is 11.5 Å². The van der Waals surface area contributed by atoms with Gasteiger partial charge in [0.15, 0.2) is 5.82 Å². The number of nitrogens with zero attached hydrogens (tertiary/aromatic N) is 3. The molecule has 0 fully saturated rings. The number of rotatable bonds is 4. The highest BCUT2D eigenvalue weighted by Crippen LogP contribution is 2.11. The van der Waals surface area contributed by atoms with E-state index in [1.807, 2.05) is 54.6 Å². The van der Waals surface area contributed by atoms with Gasteiger partial charge in [0, 0.05) is 12.6 Å². The molecular formula is C21H16N4O2S. The first-order valence-electron chi connectivity index (χ1n) is 8.60. The summed E-state index contributed by atoms with van der Waals surface area (Å²) in [6.45, 7) is 1.46. The molecule has 0 saturated carbocycles. The van der Waals surface area contributed by atoms with Crippen LogP contribution in [0.1, 0.15) is 23.9 Å². The molecule has 0 saturated heterocycles. The van der Waals surface area contributed by atoms with Crippen molar-refractivity contribution in [2.45, 2.75) is 6.92 Å². The van der Waals surface area contributed by atoms with Gasteiger partial charge in [-0.3, -0.25) is 9.59 Å². The Morgan fingerprint density at radius 3 is 2.46 bits per heavy atom. The highest BCUT2D eigenvalue weighted by molar-refractivity contribution is 7.15. The average molecular weight is 388 g/mol. The Morgan fingerprint density at radius 1 is 1.00 bits per heavy atom. The molecule has 7 heteroatoms. The van der Waals surface area contributed by atoms with Crippen LogP contribution < -0.4 is 15.4 Å². The van der Waals surface area contributed by atoms with Crippen molar-refractivity contribution in [3.63, 3.8) is 0 Å². The molecule has 4 aromatic rings. The molecule has 138 valence electrons. The van der Waals surface area contributed by atoms with Crippen molar-refractivity contribution >= 4 is 46.1 Å². The third-order valence-corrected chi connectivity index (χ3v) is 4.99. The number of fused-ring (bicyclic) bond motifs is 1. The second-order valence-electron chi connectivity index (χ2n) is 6.14. The summed E-state index contributed by atoms with van der Waals surface area (Å²) >= 11 is 1.29. The second-order valence-corrected chi connectivity index (χ2v) is 7.15. The van der Waals surface area contributed by atoms with Crippen LogP contribution in [0, 0.1) is 0 Å². The third-order valence-electron chi connectivity index (χ3n) is 4.03. The predicted octanol–water partition coefficient (Wildman–Crippen LogP) is 2.83. The molecule has 0 aliphatic rings. The quantitative estimate of drug-likeness (QED) is 0.583. The monoisotopic (exact) mass is 388 g/mol. The number of nitrogens with one attached hydrogen (secondary N) is 1. The van der Waals surface area contributed by atoms with Gasteiger partial charge in [-0.2, -0.15) is 0 Å². The summed E-state index contributed by atoms with van der Waals surface area (Å²) in [5.41, 5.74) is 2.45. The molecule has 4 rings (SSSR count). The normalized spacial score (nSPS) is 12.1. The Balaban J connectivity index is 1.68. The SMILES string of the molecule is CC(=O)Nc1ccc(/C=c2\sc3nnc(/C=C/c4ccccc4)n3c2=O)cc1. The highest BCUT2D eigenvalue weighted by atomic mass is 32.1. The molecule has 0 bridgehead atoms. The smallest absolute Gasteiger partial charge is 0.276 e. The Bertz CT molecular complexity index is 1270. The number of aromatic nitrogens is 3. The minimum Gasteiger partial charge on any atom is -0.326 e. The van der Waals surface area contributed by atoms with Crippen LogP contribution in [0.2, 0.25) is 0 Å². The summed E-state index contributed by atoms with van der Waals surface area (Å²) < 4.78 is 2.09. The molecule has 0 aliphatic carbocycles. The number of benzene rings is 2. The molecule has 0 unspecified atom stereocenters. The first kappa shape index (κ1) is 17.8. The number of hydrogen-bond acceptors (Lipinski definition) is 5. The Morgan fingerprint density at radius 2 is 1.75 bits per heavy atom. The van der Waals surface area contributed by atoms with Crippen LogP contribution in [0.5, 0.6) is 0 Å². The van der Waals surface area contributed by atoms with Gasteiger partial charge in [0.1, 0.15) is 0 Å². The molecule has 0 radical (unpaired) electrons. The molecular weight excluding hydrogens is 372 g/mol. The van der Waals surface area contributed by atoms with Crippen molar-refractivity contribution in [3.05, 3.63) is 86.4 Å². The summed E-state index contributed by atoms with van der Waals surface area (Å²) in [6.07, 6.45) is 5.50. The first-order valence-corrected chi connectivity index (χ1v) is 9.42. The van der Waals surface area contributed by atoms with Crippen LogP contribution in [0.3, 0.4) is 0 Å². The van der Waals surface area contributed by atoms with E-state index in [4.69, 9.17) is 0 Å². The van der Waals surface area contributed by atoms with Gasteiger partial charge >= 0.3 is 0 Å². The Hall–Kier alpha value is -3.58. The lowest BCUT2D eigenvalue weighted by atomic mass is 10.2. The van der Waals surface area contributed by atoms with Crippen molar-refractivity contribution in [3.8, 4) is 0 Å². The van der Waals surface area contributed by atoms with Gasteiger partial charge in [-0.1, -0.05) is 59.9 Å². The van der Waals surface area contributed by atoms with E-state index in [1.54, 1.807) is 18.2 Å². The zero-order chi connectivity index (χ0) is 19.5. The fourth-order valence-electron chi connectivity index (χ4n) is 2.74. The second kappa shape index (κ2) is 7.58. The van der Waals surface area contributed by atoms with Gasteiger partial charge in [0.05, 0.1) is 4.53 Å². The van der Waals surface area contributed by atoms with E-state index in [0.29, 0.717) is 21.0 Å². The summed E-state index contributed by atoms with van der Waals surface area (Å²) in [4.78, 5) is 24.5. The first-order chi connectivity index (χ1) is 13.6. The summed E-state index contributed by atoms with van der Waals surface area (Å²) in [5, 5.41) is 10.9. The van der Waals surface area contributed by atoms with Crippen LogP contribution >= 0.6 is 11.3 Å². The minimum absolute atomic E-state index is 0.123. The van der Waals surface area contributed by atoms with Crippen molar-refractivity contribution in [2.24, 2.45) is 0 Å². The molecule has 1 amide bonds. The molecule has 0 spiro atoms. The summed E-state index contributed by atoms with van der Waals surface area (Å²) in [6, 6.07) is 17.1. The van der Waals surface area contributed by atoms with Gasteiger partial charge in [-0.15, -0.1) is 10.2 Å². The van der Waals surface area contributed by atoms with E-state index in [0.717, 1.165) is 11.1 Å². The van der Waals surface area contributed by atoms with Crippen LogP contribution in [-0.4, -0.2) is 20.5 Å². The molecule has 2 aromatic heterocycles. The predicted molar refractivity (Wildman–Crippen MR) is 112 cm³/mol. The van der Waals surface area contributed by atoms with Gasteiger partial charge < -0.3 is 5.32 Å². The molecule has 0 aliphatic heterocycles. The average Bonchev–Trinajstić information content (AvgIpc) is 3.22. The molecule has 2 heterocycles. The minimum atomic E-state index is -0.149. The van der Waals surface area contributed by atoms with E-state index in [2.05, 4.69) is 15.5 Å². The van der Waals surface area contributed by atoms with Crippen LogP contribution in [0.4, 0.5) is 5.69 Å². The van der Waals surface area contributed by atoms with E-state index in [9.17, 15) is 9.59 Å². The van der Waals surface area contributed by atoms with Crippen molar-refractivity contribution in [2.75, 3.05) is 5.32 Å². The molecule has 2 aromatic carbocycles. The molecule has 0 atom stereocenters. The topological polar surface area (TPSA) is 76.4 Å². The molecule has 1 N–H and O–H groups in total. The lowest BCUT2D eigenvalue weighted by molar-refractivity contribution is -0.114. The summed E-state index contributed by atoms with van der Waals surface area (Å²) in [7, 11) is 0. The maximum Gasteiger partial charge on any atom is 0.276 e. The zero-order valence-corrected chi connectivity index (χ0v) is 15.8. The van der Waals surface area contributed by atoms with Gasteiger partial charge in [-0.25, -0.2) is 4.40 Å². The zero-order valence-electron chi connectivity index (χ0n) is 15.0. The Labute approximate surface area is 164 Å². The van der Waals surface area contributed by atoms with E-state index in [1.165, 1.54) is 22.7 Å². The summed E-state index contributed by atoms with van der Waals surface area (Å²) in [5.74, 6) is 0.377. The molecule has 28 heavy (non-hydrogen) atoms. The number of amides is 1. The Kier molecular flexibility index (Phi) is 4.82. The number of anilines is 1. The van der Waals surface area contributed by atoms with Crippen molar-refractivity contribution in [1.29, 1.82) is 0 Å². The maximum absolute atomic E-state index is 12.8. The number of carbonyl (C=O) groups excluding carboxylic acids is 1. The lowest BCUT2D eigenvalue weighted by Gasteiger charge is -2.01. The number of carbonyl (C=O) groups is 1. The van der Waals surface area contributed by atoms with Gasteiger partial charge in [0.2, 0.25) is 10.9 Å². The largest absolute Gasteiger partial charge is 0.326 e. The standard InChI is InChI=1S/C21H16N4O2S/c1-14(26)22-17-10-7-16(8-11-17)13-18-20(27)25-19(23-24-21(25)28-18)12-9-15-5-3-2-4-6-15/h2-13H,1H3,(H,22,26)/b12-9+,18-13-. The fourth-order valence-corrected chi connectivity index (χ4v) is 3.66. The lowest BCUT2D eigenvalue weighted by Crippen LogP contribution is -2.23. The van der Waals surface area contributed by atoms with Crippen LogP contribution in [0.15, 0.2) is 59.4 Å². The van der Waals surface area contributed by atoms with Gasteiger partial charge in [0.25, 0.3) is 5.56 Å². The number of thiazole rings is 1. The van der Waals surface area contributed by atoms with Crippen LogP contribution in [-0.2, 0) is 4.79 Å². The molecule has 6 nitrogen and oxygen atoms in total. The van der Waals surface area contributed by atoms with Gasteiger partial charge in [-0.05, 0) is 35.4 Å². The van der Waals surface area contributed by atoms with E-state index < -0.39 is 0 Å². The van der Waals surface area contributed by atoms with E-state index >= 15 is 0 Å². The maximum atomic E-state index is 12.8. The fraction of sp³-hybridized carbons (Fsp3) is 0.0476. The number of hydrogen-bond donors (Lipinski definition) is 1. The third kappa shape index (κ3) is 3.74. The van der Waals surface area contributed by atoms with Crippen molar-refractivity contribution in [1.82, 2.24) is 14.6 Å². The van der Waals surface area contributed by atoms with Crippen LogP contribution in [0.25, 0.3) is 23.2 Å². The highest BCUT2D eigenvalue weighted by Gasteiger charge is 2.10.